The highest BCUT2D eigenvalue weighted by Crippen LogP contribution is 2.54. The van der Waals surface area contributed by atoms with E-state index in [0.717, 1.165) is 22.6 Å². The van der Waals surface area contributed by atoms with E-state index in [1.807, 2.05) is 42.5 Å². The van der Waals surface area contributed by atoms with Crippen LogP contribution in [0.4, 0.5) is 0 Å². The highest BCUT2D eigenvalue weighted by molar-refractivity contribution is 5.94. The minimum Gasteiger partial charge on any atom is -0.468 e. The van der Waals surface area contributed by atoms with E-state index in [4.69, 9.17) is 4.74 Å². The summed E-state index contributed by atoms with van der Waals surface area (Å²) in [7, 11) is 1.37. The van der Waals surface area contributed by atoms with Crippen LogP contribution < -0.4 is 0 Å². The van der Waals surface area contributed by atoms with E-state index >= 15 is 0 Å². The lowest BCUT2D eigenvalue weighted by atomic mass is 9.91. The van der Waals surface area contributed by atoms with E-state index in [0.29, 0.717) is 6.42 Å². The summed E-state index contributed by atoms with van der Waals surface area (Å²) in [5, 5.41) is 2.19. The number of carbonyl (C=O) groups is 2. The smallest absolute Gasteiger partial charge is 0.317 e. The first-order valence-electron chi connectivity index (χ1n) is 6.25. The van der Waals surface area contributed by atoms with Crippen LogP contribution in [-0.2, 0) is 19.7 Å². The average molecular weight is 254 g/mol. The van der Waals surface area contributed by atoms with Crippen LogP contribution in [0.25, 0.3) is 10.8 Å². The number of ether oxygens (including phenoxy) is 1. The molecule has 0 aromatic heterocycles. The van der Waals surface area contributed by atoms with Gasteiger partial charge in [0.1, 0.15) is 11.7 Å². The van der Waals surface area contributed by atoms with Crippen molar-refractivity contribution in [2.45, 2.75) is 11.8 Å². The molecule has 0 saturated heterocycles. The van der Waals surface area contributed by atoms with Crippen LogP contribution in [0, 0.1) is 5.92 Å². The molecule has 0 heterocycles. The lowest BCUT2D eigenvalue weighted by Gasteiger charge is -2.14. The first kappa shape index (κ1) is 11.9. The molecular weight excluding hydrogens is 240 g/mol. The van der Waals surface area contributed by atoms with Crippen molar-refractivity contribution in [1.82, 2.24) is 0 Å². The molecule has 3 heteroatoms. The van der Waals surface area contributed by atoms with Gasteiger partial charge in [0, 0.05) is 5.92 Å². The maximum atomic E-state index is 12.0. The third kappa shape index (κ3) is 1.65. The van der Waals surface area contributed by atoms with Crippen molar-refractivity contribution in [3.8, 4) is 0 Å². The van der Waals surface area contributed by atoms with Crippen LogP contribution in [0.1, 0.15) is 12.0 Å². The molecule has 0 radical (unpaired) electrons. The molecule has 3 nitrogen and oxygen atoms in total. The third-order valence-electron chi connectivity index (χ3n) is 3.99. The van der Waals surface area contributed by atoms with E-state index in [-0.39, 0.29) is 11.9 Å². The molecular formula is C16H14O3. The van der Waals surface area contributed by atoms with Gasteiger partial charge in [-0.15, -0.1) is 0 Å². The molecule has 0 aliphatic heterocycles. The average Bonchev–Trinajstić information content (AvgIpc) is 3.21. The minimum atomic E-state index is -0.763. The van der Waals surface area contributed by atoms with E-state index in [9.17, 15) is 9.59 Å². The predicted molar refractivity (Wildman–Crippen MR) is 71.8 cm³/mol. The monoisotopic (exact) mass is 254 g/mol. The Morgan fingerprint density at radius 3 is 2.63 bits per heavy atom. The Morgan fingerprint density at radius 2 is 2.00 bits per heavy atom. The van der Waals surface area contributed by atoms with Crippen molar-refractivity contribution in [2.75, 3.05) is 7.11 Å². The number of hydrogen-bond donors (Lipinski definition) is 0. The van der Waals surface area contributed by atoms with Crippen molar-refractivity contribution < 1.29 is 14.3 Å². The summed E-state index contributed by atoms with van der Waals surface area (Å²) >= 11 is 0. The van der Waals surface area contributed by atoms with Crippen LogP contribution in [0.15, 0.2) is 42.5 Å². The van der Waals surface area contributed by atoms with E-state index < -0.39 is 5.41 Å². The standard InChI is InChI=1S/C16H14O3/c1-19-15(18)16(9-14(16)10-17)13-7-6-11-4-2-3-5-12(11)8-13/h2-8,10,14H,9H2,1H3. The number of esters is 1. The van der Waals surface area contributed by atoms with E-state index in [1.54, 1.807) is 0 Å². The van der Waals surface area contributed by atoms with Gasteiger partial charge in [-0.1, -0.05) is 36.4 Å². The summed E-state index contributed by atoms with van der Waals surface area (Å²) in [6.45, 7) is 0. The molecule has 3 rings (SSSR count). The van der Waals surface area contributed by atoms with Crippen LogP contribution in [0.2, 0.25) is 0 Å². The van der Waals surface area contributed by atoms with Gasteiger partial charge in [0.25, 0.3) is 0 Å². The zero-order valence-electron chi connectivity index (χ0n) is 10.6. The molecule has 0 amide bonds. The summed E-state index contributed by atoms with van der Waals surface area (Å²) < 4.78 is 4.88. The molecule has 1 aliphatic carbocycles. The van der Waals surface area contributed by atoms with Gasteiger partial charge in [-0.2, -0.15) is 0 Å². The summed E-state index contributed by atoms with van der Waals surface area (Å²) in [5.74, 6) is -0.582. The fourth-order valence-corrected chi connectivity index (χ4v) is 2.79. The zero-order chi connectivity index (χ0) is 13.5. The van der Waals surface area contributed by atoms with Gasteiger partial charge in [-0.25, -0.2) is 0 Å². The Morgan fingerprint density at radius 1 is 1.26 bits per heavy atom. The van der Waals surface area contributed by atoms with Crippen LogP contribution >= 0.6 is 0 Å². The van der Waals surface area contributed by atoms with Crippen molar-refractivity contribution in [3.63, 3.8) is 0 Å². The summed E-state index contributed by atoms with van der Waals surface area (Å²) in [4.78, 5) is 23.1. The fraction of sp³-hybridized carbons (Fsp3) is 0.250. The van der Waals surface area contributed by atoms with Crippen LogP contribution in [-0.4, -0.2) is 19.4 Å². The first-order chi connectivity index (χ1) is 9.22. The molecule has 2 aromatic carbocycles. The second-order valence-electron chi connectivity index (χ2n) is 4.97. The van der Waals surface area contributed by atoms with Gasteiger partial charge in [0.05, 0.1) is 7.11 Å². The highest BCUT2D eigenvalue weighted by atomic mass is 16.5. The third-order valence-corrected chi connectivity index (χ3v) is 3.99. The molecule has 2 aromatic rings. The number of hydrogen-bond acceptors (Lipinski definition) is 3. The number of carbonyl (C=O) groups excluding carboxylic acids is 2. The lowest BCUT2D eigenvalue weighted by molar-refractivity contribution is -0.144. The molecule has 2 unspecified atom stereocenters. The van der Waals surface area contributed by atoms with Gasteiger partial charge in [-0.3, -0.25) is 4.79 Å². The Labute approximate surface area is 111 Å². The topological polar surface area (TPSA) is 43.4 Å². The van der Waals surface area contributed by atoms with Crippen LogP contribution in [0.5, 0.6) is 0 Å². The number of fused-ring (bicyclic) bond motifs is 1. The van der Waals surface area contributed by atoms with Gasteiger partial charge in [0.2, 0.25) is 0 Å². The lowest BCUT2D eigenvalue weighted by Crippen LogP contribution is -2.25. The Kier molecular flexibility index (Phi) is 2.63. The van der Waals surface area contributed by atoms with E-state index in [2.05, 4.69) is 0 Å². The molecule has 1 saturated carbocycles. The Bertz CT molecular complexity index is 662. The second-order valence-corrected chi connectivity index (χ2v) is 4.97. The number of methoxy groups -OCH3 is 1. The SMILES string of the molecule is COC(=O)C1(c2ccc3ccccc3c2)CC1C=O. The van der Waals surface area contributed by atoms with Crippen molar-refractivity contribution in [1.29, 1.82) is 0 Å². The molecule has 0 N–H and O–H groups in total. The maximum absolute atomic E-state index is 12.0. The van der Waals surface area contributed by atoms with Crippen LogP contribution in [0.3, 0.4) is 0 Å². The van der Waals surface area contributed by atoms with Crippen molar-refractivity contribution in [3.05, 3.63) is 48.0 Å². The predicted octanol–water partition coefficient (Wildman–Crippen LogP) is 2.47. The molecule has 0 bridgehead atoms. The number of rotatable bonds is 3. The molecule has 2 atom stereocenters. The minimum absolute atomic E-state index is 0.263. The summed E-state index contributed by atoms with van der Waals surface area (Å²) in [6, 6.07) is 13.8. The molecule has 19 heavy (non-hydrogen) atoms. The van der Waals surface area contributed by atoms with Gasteiger partial charge >= 0.3 is 5.97 Å². The van der Waals surface area contributed by atoms with Gasteiger partial charge in [-0.05, 0) is 28.8 Å². The normalized spacial score (nSPS) is 25.0. The van der Waals surface area contributed by atoms with Gasteiger partial charge in [0.15, 0.2) is 0 Å². The summed E-state index contributed by atoms with van der Waals surface area (Å²) in [6.07, 6.45) is 1.40. The molecule has 1 fully saturated rings. The Balaban J connectivity index is 2.12. The number of aldehydes is 1. The Hall–Kier alpha value is -2.16. The quantitative estimate of drug-likeness (QED) is 0.624. The summed E-state index contributed by atoms with van der Waals surface area (Å²) in [5.41, 5.74) is 0.107. The maximum Gasteiger partial charge on any atom is 0.317 e. The fourth-order valence-electron chi connectivity index (χ4n) is 2.79. The number of benzene rings is 2. The van der Waals surface area contributed by atoms with E-state index in [1.165, 1.54) is 7.11 Å². The zero-order valence-corrected chi connectivity index (χ0v) is 10.6. The van der Waals surface area contributed by atoms with Gasteiger partial charge < -0.3 is 9.53 Å². The molecule has 0 spiro atoms. The van der Waals surface area contributed by atoms with Crippen molar-refractivity contribution >= 4 is 23.0 Å². The second kappa shape index (κ2) is 4.19. The van der Waals surface area contributed by atoms with Crippen molar-refractivity contribution in [2.24, 2.45) is 5.92 Å². The highest BCUT2D eigenvalue weighted by Gasteiger charge is 2.62. The first-order valence-corrected chi connectivity index (χ1v) is 6.25. The molecule has 96 valence electrons. The molecule has 1 aliphatic rings. The largest absolute Gasteiger partial charge is 0.468 e.